The van der Waals surface area contributed by atoms with E-state index in [4.69, 9.17) is 4.84 Å². The van der Waals surface area contributed by atoms with Crippen molar-refractivity contribution in [2.24, 2.45) is 5.16 Å². The van der Waals surface area contributed by atoms with Crippen molar-refractivity contribution in [3.63, 3.8) is 0 Å². The second-order valence-electron chi connectivity index (χ2n) is 3.90. The maximum atomic E-state index is 11.8. The number of benzene rings is 1. The summed E-state index contributed by atoms with van der Waals surface area (Å²) in [4.78, 5) is 27.8. The molecule has 2 rings (SSSR count). The molecular formula is C14H10INO3. The third kappa shape index (κ3) is 3.37. The Kier molecular flexibility index (Phi) is 4.26. The molecule has 0 bridgehead atoms. The molecule has 0 N–H and O–H groups in total. The highest BCUT2D eigenvalue weighted by molar-refractivity contribution is 14.1. The number of halogens is 1. The first-order valence-electron chi connectivity index (χ1n) is 5.52. The van der Waals surface area contributed by atoms with E-state index in [1.54, 1.807) is 19.1 Å². The van der Waals surface area contributed by atoms with Crippen molar-refractivity contribution in [1.29, 1.82) is 0 Å². The molecule has 1 aromatic rings. The van der Waals surface area contributed by atoms with E-state index in [1.807, 2.05) is 12.1 Å². The van der Waals surface area contributed by atoms with E-state index in [9.17, 15) is 9.59 Å². The summed E-state index contributed by atoms with van der Waals surface area (Å²) in [7, 11) is 0. The van der Waals surface area contributed by atoms with Crippen molar-refractivity contribution >= 4 is 40.1 Å². The highest BCUT2D eigenvalue weighted by Gasteiger charge is 2.12. The van der Waals surface area contributed by atoms with Crippen molar-refractivity contribution in [3.05, 3.63) is 57.2 Å². The minimum atomic E-state index is -0.518. The lowest BCUT2D eigenvalue weighted by molar-refractivity contribution is -0.110. The predicted octanol–water partition coefficient (Wildman–Crippen LogP) is 2.89. The Labute approximate surface area is 124 Å². The predicted molar refractivity (Wildman–Crippen MR) is 79.9 cm³/mol. The van der Waals surface area contributed by atoms with Crippen LogP contribution in [0.4, 0.5) is 0 Å². The SMILES string of the molecule is CC1=CC(=O)C=C/C1=N/OC(=O)c1ccccc1I. The molecule has 1 aromatic carbocycles. The average molecular weight is 367 g/mol. The fourth-order valence-electron chi connectivity index (χ4n) is 1.50. The van der Waals surface area contributed by atoms with Gasteiger partial charge in [-0.15, -0.1) is 0 Å². The number of carbonyl (C=O) groups excluding carboxylic acids is 2. The second kappa shape index (κ2) is 5.92. The first-order chi connectivity index (χ1) is 9.08. The van der Waals surface area contributed by atoms with Crippen molar-refractivity contribution in [3.8, 4) is 0 Å². The van der Waals surface area contributed by atoms with Gasteiger partial charge in [0.25, 0.3) is 0 Å². The zero-order valence-electron chi connectivity index (χ0n) is 10.1. The molecule has 4 nitrogen and oxygen atoms in total. The van der Waals surface area contributed by atoms with Crippen LogP contribution in [0.25, 0.3) is 0 Å². The van der Waals surface area contributed by atoms with Crippen LogP contribution in [0.1, 0.15) is 17.3 Å². The Morgan fingerprint density at radius 3 is 2.68 bits per heavy atom. The van der Waals surface area contributed by atoms with Gasteiger partial charge in [0, 0.05) is 3.57 Å². The number of rotatable bonds is 2. The molecule has 5 heteroatoms. The fraction of sp³-hybridized carbons (Fsp3) is 0.0714. The molecule has 0 heterocycles. The quantitative estimate of drug-likeness (QED) is 0.350. The molecule has 1 aliphatic carbocycles. The Hall–Kier alpha value is -1.76. The van der Waals surface area contributed by atoms with Gasteiger partial charge in [0.2, 0.25) is 0 Å². The number of allylic oxidation sites excluding steroid dienone is 4. The van der Waals surface area contributed by atoms with Crippen molar-refractivity contribution < 1.29 is 14.4 Å². The van der Waals surface area contributed by atoms with Gasteiger partial charge < -0.3 is 4.84 Å². The van der Waals surface area contributed by atoms with E-state index in [0.29, 0.717) is 16.8 Å². The molecule has 0 unspecified atom stereocenters. The smallest absolute Gasteiger partial charge is 0.312 e. The first kappa shape index (κ1) is 13.7. The molecule has 19 heavy (non-hydrogen) atoms. The lowest BCUT2D eigenvalue weighted by Gasteiger charge is -2.05. The molecule has 1 aliphatic rings. The molecule has 0 aromatic heterocycles. The van der Waals surface area contributed by atoms with Gasteiger partial charge in [0.1, 0.15) is 5.71 Å². The monoisotopic (exact) mass is 367 g/mol. The zero-order valence-corrected chi connectivity index (χ0v) is 12.2. The van der Waals surface area contributed by atoms with E-state index >= 15 is 0 Å². The average Bonchev–Trinajstić information content (AvgIpc) is 2.38. The van der Waals surface area contributed by atoms with Gasteiger partial charge in [0.05, 0.1) is 5.56 Å². The molecule has 0 saturated heterocycles. The number of oxime groups is 1. The van der Waals surface area contributed by atoms with E-state index < -0.39 is 5.97 Å². The Balaban J connectivity index is 2.13. The summed E-state index contributed by atoms with van der Waals surface area (Å²) < 4.78 is 0.798. The maximum absolute atomic E-state index is 11.8. The maximum Gasteiger partial charge on any atom is 0.366 e. The van der Waals surface area contributed by atoms with E-state index in [0.717, 1.165) is 3.57 Å². The van der Waals surface area contributed by atoms with Crippen LogP contribution < -0.4 is 0 Å². The lowest BCUT2D eigenvalue weighted by Crippen LogP contribution is -2.09. The summed E-state index contributed by atoms with van der Waals surface area (Å²) >= 11 is 2.06. The molecular weight excluding hydrogens is 357 g/mol. The number of carbonyl (C=O) groups is 2. The first-order valence-corrected chi connectivity index (χ1v) is 6.60. The Morgan fingerprint density at radius 1 is 1.26 bits per heavy atom. The van der Waals surface area contributed by atoms with Gasteiger partial charge in [-0.2, -0.15) is 0 Å². The van der Waals surface area contributed by atoms with E-state index in [1.165, 1.54) is 18.2 Å². The second-order valence-corrected chi connectivity index (χ2v) is 5.06. The molecule has 96 valence electrons. The third-order valence-corrected chi connectivity index (χ3v) is 3.43. The molecule has 0 fully saturated rings. The molecule has 0 saturated carbocycles. The van der Waals surface area contributed by atoms with Gasteiger partial charge in [-0.3, -0.25) is 4.79 Å². The summed E-state index contributed by atoms with van der Waals surface area (Å²) in [5.41, 5.74) is 1.60. The topological polar surface area (TPSA) is 55.7 Å². The number of hydrogen-bond acceptors (Lipinski definition) is 4. The zero-order chi connectivity index (χ0) is 13.8. The summed E-state index contributed by atoms with van der Waals surface area (Å²) in [6.45, 7) is 1.74. The normalized spacial score (nSPS) is 16.4. The summed E-state index contributed by atoms with van der Waals surface area (Å²) in [5, 5.41) is 3.77. The van der Waals surface area contributed by atoms with Crippen LogP contribution in [0, 0.1) is 3.57 Å². The van der Waals surface area contributed by atoms with Gasteiger partial charge >= 0.3 is 5.97 Å². The number of nitrogens with zero attached hydrogens (tertiary/aromatic N) is 1. The molecule has 0 spiro atoms. The van der Waals surface area contributed by atoms with Crippen LogP contribution in [0.5, 0.6) is 0 Å². The van der Waals surface area contributed by atoms with Gasteiger partial charge in [-0.1, -0.05) is 17.3 Å². The lowest BCUT2D eigenvalue weighted by atomic mass is 10.1. The fourth-order valence-corrected chi connectivity index (χ4v) is 2.10. The molecule has 0 aliphatic heterocycles. The van der Waals surface area contributed by atoms with Crippen LogP contribution in [0.15, 0.2) is 53.2 Å². The van der Waals surface area contributed by atoms with Crippen molar-refractivity contribution in [2.75, 3.05) is 0 Å². The minimum Gasteiger partial charge on any atom is -0.312 e. The third-order valence-electron chi connectivity index (χ3n) is 2.49. The van der Waals surface area contributed by atoms with Crippen LogP contribution >= 0.6 is 22.6 Å². The standard InChI is InChI=1S/C14H10INO3/c1-9-8-10(17)6-7-13(9)16-19-14(18)11-4-2-3-5-12(11)15/h2-8H,1H3/b16-13-. The van der Waals surface area contributed by atoms with Gasteiger partial charge in [0.15, 0.2) is 5.78 Å². The number of ketones is 1. The summed E-state index contributed by atoms with van der Waals surface area (Å²) in [6.07, 6.45) is 4.35. The minimum absolute atomic E-state index is 0.0969. The largest absolute Gasteiger partial charge is 0.366 e. The highest BCUT2D eigenvalue weighted by Crippen LogP contribution is 2.13. The summed E-state index contributed by atoms with van der Waals surface area (Å²) in [5.74, 6) is -0.615. The van der Waals surface area contributed by atoms with Crippen molar-refractivity contribution in [1.82, 2.24) is 0 Å². The van der Waals surface area contributed by atoms with Crippen molar-refractivity contribution in [2.45, 2.75) is 6.92 Å². The van der Waals surface area contributed by atoms with Crippen LogP contribution in [-0.2, 0) is 9.63 Å². The molecule has 0 amide bonds. The summed E-state index contributed by atoms with van der Waals surface area (Å²) in [6, 6.07) is 7.09. The molecule has 0 radical (unpaired) electrons. The number of hydrogen-bond donors (Lipinski definition) is 0. The van der Waals surface area contributed by atoms with E-state index in [-0.39, 0.29) is 5.78 Å². The van der Waals surface area contributed by atoms with Crippen LogP contribution in [-0.4, -0.2) is 17.5 Å². The van der Waals surface area contributed by atoms with E-state index in [2.05, 4.69) is 27.7 Å². The highest BCUT2D eigenvalue weighted by atomic mass is 127. The Morgan fingerprint density at radius 2 is 2.00 bits per heavy atom. The van der Waals surface area contributed by atoms with Crippen LogP contribution in [0.3, 0.4) is 0 Å². The van der Waals surface area contributed by atoms with Gasteiger partial charge in [-0.05, 0) is 65.4 Å². The Bertz CT molecular complexity index is 629. The van der Waals surface area contributed by atoms with Gasteiger partial charge in [-0.25, -0.2) is 4.79 Å². The van der Waals surface area contributed by atoms with Crippen LogP contribution in [0.2, 0.25) is 0 Å². The molecule has 0 atom stereocenters.